The van der Waals surface area contributed by atoms with E-state index in [1.54, 1.807) is 13.0 Å². The number of hydrogen-bond donors (Lipinski definition) is 1. The lowest BCUT2D eigenvalue weighted by Gasteiger charge is -2.03. The molecule has 0 saturated carbocycles. The molecular formula is C8H6ClNO3S. The van der Waals surface area contributed by atoms with Crippen LogP contribution in [0.1, 0.15) is 11.1 Å². The minimum Gasteiger partial charge on any atom is -0.508 e. The third-order valence-corrected chi connectivity index (χ3v) is 3.04. The van der Waals surface area contributed by atoms with Crippen molar-refractivity contribution in [1.82, 2.24) is 0 Å². The van der Waals surface area contributed by atoms with Gasteiger partial charge in [0.15, 0.2) is 0 Å². The van der Waals surface area contributed by atoms with Crippen LogP contribution in [0.4, 0.5) is 0 Å². The fraction of sp³-hybridized carbons (Fsp3) is 0.125. The Bertz CT molecular complexity index is 516. The third kappa shape index (κ3) is 1.97. The molecule has 0 aromatic heterocycles. The van der Waals surface area contributed by atoms with Gasteiger partial charge in [-0.25, -0.2) is 8.42 Å². The van der Waals surface area contributed by atoms with E-state index < -0.39 is 9.05 Å². The zero-order valence-electron chi connectivity index (χ0n) is 7.15. The molecule has 4 nitrogen and oxygen atoms in total. The van der Waals surface area contributed by atoms with Crippen molar-refractivity contribution in [2.45, 2.75) is 11.8 Å². The van der Waals surface area contributed by atoms with Gasteiger partial charge in [-0.05, 0) is 18.6 Å². The minimum atomic E-state index is -4.00. The van der Waals surface area contributed by atoms with Crippen molar-refractivity contribution in [3.05, 3.63) is 23.3 Å². The van der Waals surface area contributed by atoms with E-state index in [2.05, 4.69) is 0 Å². The van der Waals surface area contributed by atoms with Crippen molar-refractivity contribution in [2.24, 2.45) is 0 Å². The highest BCUT2D eigenvalue weighted by molar-refractivity contribution is 8.13. The molecule has 0 heterocycles. The molecule has 0 saturated heterocycles. The van der Waals surface area contributed by atoms with Crippen LogP contribution in [-0.4, -0.2) is 13.5 Å². The van der Waals surface area contributed by atoms with E-state index in [0.717, 1.165) is 6.07 Å². The molecule has 1 N–H and O–H groups in total. The number of nitrogens with zero attached hydrogens (tertiary/aromatic N) is 1. The number of benzene rings is 1. The lowest BCUT2D eigenvalue weighted by atomic mass is 10.1. The molecular weight excluding hydrogens is 226 g/mol. The van der Waals surface area contributed by atoms with E-state index in [1.807, 2.05) is 0 Å². The number of phenols is 1. The Hall–Kier alpha value is -1.25. The summed E-state index contributed by atoms with van der Waals surface area (Å²) in [5.41, 5.74) is 0.348. The van der Waals surface area contributed by atoms with Gasteiger partial charge in [0.05, 0.1) is 5.56 Å². The summed E-state index contributed by atoms with van der Waals surface area (Å²) in [6, 6.07) is 3.93. The van der Waals surface area contributed by atoms with Gasteiger partial charge >= 0.3 is 0 Å². The Morgan fingerprint density at radius 3 is 2.50 bits per heavy atom. The summed E-state index contributed by atoms with van der Waals surface area (Å²) in [6.45, 7) is 1.56. The number of phenolic OH excluding ortho intramolecular Hbond substituents is 1. The molecule has 6 heteroatoms. The fourth-order valence-corrected chi connectivity index (χ4v) is 1.97. The first-order chi connectivity index (χ1) is 6.36. The van der Waals surface area contributed by atoms with Crippen LogP contribution < -0.4 is 0 Å². The minimum absolute atomic E-state index is 0.0738. The maximum Gasteiger partial charge on any atom is 0.262 e. The highest BCUT2D eigenvalue weighted by atomic mass is 35.7. The molecule has 14 heavy (non-hydrogen) atoms. The van der Waals surface area contributed by atoms with E-state index in [4.69, 9.17) is 15.9 Å². The number of aromatic hydroxyl groups is 1. The van der Waals surface area contributed by atoms with E-state index in [0.29, 0.717) is 5.56 Å². The second-order valence-electron chi connectivity index (χ2n) is 2.68. The number of hydrogen-bond acceptors (Lipinski definition) is 4. The molecule has 0 fully saturated rings. The summed E-state index contributed by atoms with van der Waals surface area (Å²) in [5, 5.41) is 17.9. The van der Waals surface area contributed by atoms with Crippen molar-refractivity contribution >= 4 is 19.7 Å². The largest absolute Gasteiger partial charge is 0.508 e. The zero-order chi connectivity index (χ0) is 10.9. The van der Waals surface area contributed by atoms with Crippen molar-refractivity contribution in [3.8, 4) is 11.8 Å². The summed E-state index contributed by atoms with van der Waals surface area (Å²) in [6.07, 6.45) is 0. The molecule has 0 aliphatic carbocycles. The van der Waals surface area contributed by atoms with Gasteiger partial charge in [-0.1, -0.05) is 0 Å². The summed E-state index contributed by atoms with van der Waals surface area (Å²) in [4.78, 5) is -0.371. The molecule has 0 aliphatic heterocycles. The van der Waals surface area contributed by atoms with E-state index in [1.165, 1.54) is 6.07 Å². The van der Waals surface area contributed by atoms with Crippen molar-refractivity contribution < 1.29 is 13.5 Å². The van der Waals surface area contributed by atoms with Crippen LogP contribution in [0.5, 0.6) is 5.75 Å². The molecule has 0 bridgehead atoms. The summed E-state index contributed by atoms with van der Waals surface area (Å²) in [5.74, 6) is -0.205. The molecule has 0 amide bonds. The van der Waals surface area contributed by atoms with E-state index >= 15 is 0 Å². The SMILES string of the molecule is Cc1cc(C#N)c(S(=O)(=O)Cl)cc1O. The second kappa shape index (κ2) is 3.48. The van der Waals surface area contributed by atoms with Gasteiger partial charge < -0.3 is 5.11 Å². The quantitative estimate of drug-likeness (QED) is 0.743. The monoisotopic (exact) mass is 231 g/mol. The van der Waals surface area contributed by atoms with Crippen LogP contribution >= 0.6 is 10.7 Å². The average molecular weight is 232 g/mol. The highest BCUT2D eigenvalue weighted by Crippen LogP contribution is 2.27. The summed E-state index contributed by atoms with van der Waals surface area (Å²) < 4.78 is 22.0. The fourth-order valence-electron chi connectivity index (χ4n) is 0.966. The van der Waals surface area contributed by atoms with E-state index in [-0.39, 0.29) is 16.2 Å². The molecule has 0 aliphatic rings. The van der Waals surface area contributed by atoms with Crippen LogP contribution in [-0.2, 0) is 9.05 Å². The predicted octanol–water partition coefficient (Wildman–Crippen LogP) is 1.50. The summed E-state index contributed by atoms with van der Waals surface area (Å²) >= 11 is 0. The second-order valence-corrected chi connectivity index (χ2v) is 5.22. The Balaban J connectivity index is 3.61. The van der Waals surface area contributed by atoms with Crippen molar-refractivity contribution in [1.29, 1.82) is 5.26 Å². The molecule has 0 spiro atoms. The zero-order valence-corrected chi connectivity index (χ0v) is 8.72. The van der Waals surface area contributed by atoms with Gasteiger partial charge in [0, 0.05) is 16.7 Å². The molecule has 0 atom stereocenters. The van der Waals surface area contributed by atoms with Gasteiger partial charge in [-0.15, -0.1) is 0 Å². The number of aryl methyl sites for hydroxylation is 1. The van der Waals surface area contributed by atoms with Crippen LogP contribution in [0.15, 0.2) is 17.0 Å². The van der Waals surface area contributed by atoms with Crippen LogP contribution in [0.2, 0.25) is 0 Å². The first-order valence-electron chi connectivity index (χ1n) is 3.54. The van der Waals surface area contributed by atoms with Gasteiger partial charge in [0.1, 0.15) is 16.7 Å². The highest BCUT2D eigenvalue weighted by Gasteiger charge is 2.17. The molecule has 74 valence electrons. The Kier molecular flexibility index (Phi) is 2.69. The van der Waals surface area contributed by atoms with Gasteiger partial charge in [-0.3, -0.25) is 0 Å². The first-order valence-corrected chi connectivity index (χ1v) is 5.85. The predicted molar refractivity (Wildman–Crippen MR) is 50.6 cm³/mol. The lowest BCUT2D eigenvalue weighted by Crippen LogP contribution is -1.95. The Morgan fingerprint density at radius 1 is 1.50 bits per heavy atom. The van der Waals surface area contributed by atoms with Crippen molar-refractivity contribution in [2.75, 3.05) is 0 Å². The Labute approximate surface area is 85.8 Å². The maximum absolute atomic E-state index is 11.0. The molecule has 0 radical (unpaired) electrons. The average Bonchev–Trinajstić information content (AvgIpc) is 2.07. The van der Waals surface area contributed by atoms with Gasteiger partial charge in [0.25, 0.3) is 9.05 Å². The smallest absolute Gasteiger partial charge is 0.262 e. The third-order valence-electron chi connectivity index (χ3n) is 1.68. The number of halogens is 1. The van der Waals surface area contributed by atoms with E-state index in [9.17, 15) is 13.5 Å². The lowest BCUT2D eigenvalue weighted by molar-refractivity contribution is 0.469. The van der Waals surface area contributed by atoms with Gasteiger partial charge in [-0.2, -0.15) is 5.26 Å². The number of rotatable bonds is 1. The molecule has 0 unspecified atom stereocenters. The Morgan fingerprint density at radius 2 is 2.07 bits per heavy atom. The molecule has 1 aromatic rings. The van der Waals surface area contributed by atoms with Crippen LogP contribution in [0.25, 0.3) is 0 Å². The van der Waals surface area contributed by atoms with Gasteiger partial charge in [0.2, 0.25) is 0 Å². The first kappa shape index (κ1) is 10.8. The topological polar surface area (TPSA) is 78.2 Å². The number of nitriles is 1. The molecule has 1 aromatic carbocycles. The van der Waals surface area contributed by atoms with Crippen molar-refractivity contribution in [3.63, 3.8) is 0 Å². The van der Waals surface area contributed by atoms with Crippen LogP contribution in [0, 0.1) is 18.3 Å². The van der Waals surface area contributed by atoms with Crippen LogP contribution in [0.3, 0.4) is 0 Å². The normalized spacial score (nSPS) is 10.9. The maximum atomic E-state index is 11.0. The molecule has 1 rings (SSSR count). The summed E-state index contributed by atoms with van der Waals surface area (Å²) in [7, 11) is 1.08. The standard InChI is InChI=1S/C8H6ClNO3S/c1-5-2-6(4-10)8(3-7(5)11)14(9,12)13/h2-3,11H,1H3.